The maximum atomic E-state index is 13.4. The molecule has 1 aliphatic rings. The van der Waals surface area contributed by atoms with Crippen LogP contribution in [0.25, 0.3) is 0 Å². The quantitative estimate of drug-likeness (QED) is 0.0366. The number of halogens is 2. The highest BCUT2D eigenvalue weighted by Crippen LogP contribution is 2.48. The molecule has 1 aromatic rings. The van der Waals surface area contributed by atoms with Crippen LogP contribution in [-0.4, -0.2) is 103 Å². The summed E-state index contributed by atoms with van der Waals surface area (Å²) in [6.45, 7) is 9.24. The molecule has 1 fully saturated rings. The molecule has 2 rings (SSSR count). The molecule has 9 atom stereocenters. The van der Waals surface area contributed by atoms with Crippen molar-refractivity contribution in [3.8, 4) is 5.75 Å². The Morgan fingerprint density at radius 2 is 1.62 bits per heavy atom. The predicted octanol–water partition coefficient (Wildman–Crippen LogP) is 7.28. The van der Waals surface area contributed by atoms with Crippen LogP contribution in [0.15, 0.2) is 58.0 Å². The summed E-state index contributed by atoms with van der Waals surface area (Å²) in [4.78, 5) is 26.1. The highest BCUT2D eigenvalue weighted by Gasteiger charge is 2.43. The van der Waals surface area contributed by atoms with Crippen molar-refractivity contribution in [1.82, 2.24) is 0 Å². The van der Waals surface area contributed by atoms with Gasteiger partial charge in [-0.3, -0.25) is 14.2 Å². The molecule has 0 radical (unpaired) electrons. The van der Waals surface area contributed by atoms with E-state index in [9.17, 15) is 29.5 Å². The van der Waals surface area contributed by atoms with E-state index in [0.717, 1.165) is 11.3 Å². The van der Waals surface area contributed by atoms with Crippen LogP contribution in [0.2, 0.25) is 0 Å². The van der Waals surface area contributed by atoms with Gasteiger partial charge in [0.1, 0.15) is 36.3 Å². The fraction of sp³-hybridized carbons (Fsp3) is 0.641. The van der Waals surface area contributed by atoms with Gasteiger partial charge in [-0.1, -0.05) is 50.3 Å². The lowest BCUT2D eigenvalue weighted by atomic mass is 9.94. The molecule has 312 valence electrons. The van der Waals surface area contributed by atoms with Crippen molar-refractivity contribution in [2.45, 2.75) is 129 Å². The van der Waals surface area contributed by atoms with Crippen LogP contribution in [0.4, 0.5) is 0 Å². The fourth-order valence-corrected chi connectivity index (χ4v) is 7.55. The first-order chi connectivity index (χ1) is 26.2. The molecule has 0 aliphatic carbocycles. The van der Waals surface area contributed by atoms with Gasteiger partial charge in [0.05, 0.1) is 48.6 Å². The average molecular weight is 927 g/mol. The number of allylic oxidation sites excluding steroid dienone is 3. The second-order valence-corrected chi connectivity index (χ2v) is 18.0. The number of hydrogen-bond donors (Lipinski definition) is 3. The van der Waals surface area contributed by atoms with Gasteiger partial charge in [-0.2, -0.15) is 0 Å². The molecule has 1 aromatic carbocycles. The van der Waals surface area contributed by atoms with Crippen molar-refractivity contribution in [3.05, 3.63) is 63.6 Å². The SMILES string of the molecule is CCOP(=O)(CC(=O)O[C@@H](CC)CCC[C@H](OCc1ccc(OC)cc1)[C@@H](C)C(=O)/C=C/C=C/C[C@@H](CC=C(Br)Br)O[C@@H]1O[C@@H](C)[C@H](O)[C@@H](O)[C@H]1O)OCC. The Balaban J connectivity index is 2.08. The minimum absolute atomic E-state index is 0.135. The van der Waals surface area contributed by atoms with Crippen molar-refractivity contribution in [3.63, 3.8) is 0 Å². The number of aliphatic hydroxyl groups excluding tert-OH is 3. The van der Waals surface area contributed by atoms with E-state index in [0.29, 0.717) is 41.9 Å². The first-order valence-corrected chi connectivity index (χ1v) is 22.0. The monoisotopic (exact) mass is 924 g/mol. The number of ether oxygens (including phenoxy) is 5. The van der Waals surface area contributed by atoms with Crippen molar-refractivity contribution in [2.24, 2.45) is 5.92 Å². The Kier molecular flexibility index (Phi) is 23.6. The predicted molar refractivity (Wildman–Crippen MR) is 216 cm³/mol. The number of hydrogen-bond acceptors (Lipinski definition) is 13. The van der Waals surface area contributed by atoms with Crippen LogP contribution in [0.5, 0.6) is 5.75 Å². The van der Waals surface area contributed by atoms with Crippen LogP contribution in [0.3, 0.4) is 0 Å². The zero-order valence-corrected chi connectivity index (χ0v) is 36.7. The number of esters is 1. The second kappa shape index (κ2) is 26.3. The van der Waals surface area contributed by atoms with Crippen molar-refractivity contribution in [1.29, 1.82) is 0 Å². The number of carbonyl (C=O) groups excluding carboxylic acids is 2. The largest absolute Gasteiger partial charge is 0.497 e. The van der Waals surface area contributed by atoms with Crippen molar-refractivity contribution < 1.29 is 62.2 Å². The van der Waals surface area contributed by atoms with E-state index >= 15 is 0 Å². The van der Waals surface area contributed by atoms with Gasteiger partial charge in [0.15, 0.2) is 12.1 Å². The van der Waals surface area contributed by atoms with Crippen LogP contribution in [0, 0.1) is 5.92 Å². The molecule has 1 heterocycles. The van der Waals surface area contributed by atoms with Crippen molar-refractivity contribution >= 4 is 51.2 Å². The Bertz CT molecular complexity index is 1410. The van der Waals surface area contributed by atoms with Crippen molar-refractivity contribution in [2.75, 3.05) is 26.5 Å². The molecule has 0 saturated carbocycles. The third kappa shape index (κ3) is 18.2. The topological polar surface area (TPSA) is 177 Å². The number of aliphatic hydroxyl groups is 3. The first-order valence-electron chi connectivity index (χ1n) is 18.7. The Morgan fingerprint density at radius 1 is 0.945 bits per heavy atom. The van der Waals surface area contributed by atoms with E-state index in [1.807, 2.05) is 50.3 Å². The summed E-state index contributed by atoms with van der Waals surface area (Å²) in [5.41, 5.74) is 0.919. The summed E-state index contributed by atoms with van der Waals surface area (Å²) in [6, 6.07) is 7.49. The summed E-state index contributed by atoms with van der Waals surface area (Å²) >= 11 is 6.67. The van der Waals surface area contributed by atoms with Gasteiger partial charge in [0.2, 0.25) is 0 Å². The molecule has 55 heavy (non-hydrogen) atoms. The van der Waals surface area contributed by atoms with Gasteiger partial charge in [0.25, 0.3) is 0 Å². The minimum atomic E-state index is -3.59. The van der Waals surface area contributed by atoms with E-state index < -0.39 is 74.7 Å². The van der Waals surface area contributed by atoms with E-state index in [-0.39, 0.29) is 25.6 Å². The van der Waals surface area contributed by atoms with Gasteiger partial charge in [0, 0.05) is 5.92 Å². The number of carbonyl (C=O) groups is 2. The molecule has 0 aromatic heterocycles. The first kappa shape index (κ1) is 49.4. The molecule has 1 aliphatic heterocycles. The zero-order valence-electron chi connectivity index (χ0n) is 32.6. The number of benzene rings is 1. The number of ketones is 1. The minimum Gasteiger partial charge on any atom is -0.497 e. The van der Waals surface area contributed by atoms with Crippen LogP contribution >= 0.6 is 39.5 Å². The summed E-state index contributed by atoms with van der Waals surface area (Å²) in [5.74, 6) is -0.561. The molecule has 0 unspecified atom stereocenters. The molecule has 0 spiro atoms. The van der Waals surface area contributed by atoms with Gasteiger partial charge < -0.3 is 48.1 Å². The Hall–Kier alpha value is -1.75. The van der Waals surface area contributed by atoms with E-state index in [2.05, 4.69) is 31.9 Å². The fourth-order valence-electron chi connectivity index (χ4n) is 5.74. The lowest BCUT2D eigenvalue weighted by Gasteiger charge is -2.40. The van der Waals surface area contributed by atoms with E-state index in [1.165, 1.54) is 6.08 Å². The molecule has 13 nitrogen and oxygen atoms in total. The molecule has 1 saturated heterocycles. The smallest absolute Gasteiger partial charge is 0.341 e. The standard InChI is InChI=1S/C39H59Br2O13P/c1-7-29(53-35(43)25-55(47,50-8-2)51-9-3)15-13-17-33(49-24-28-18-20-30(48-6)21-19-28)26(4)32(42)16-12-10-11-14-31(22-23-34(40)41)54-39-38(46)37(45)36(44)27(5)52-39/h10-12,16,18-21,23,26-27,29,31,33,36-39,44-46H,7-9,13-15,17,22,24-25H2,1-6H3/b11-10+,16-12+/t26-,27-,29-,31-,33-,36-,37+,38+,39-/m0/s1. The molecular weight excluding hydrogens is 867 g/mol. The summed E-state index contributed by atoms with van der Waals surface area (Å²) < 4.78 is 52.8. The van der Waals surface area contributed by atoms with E-state index in [1.54, 1.807) is 40.0 Å². The highest BCUT2D eigenvalue weighted by atomic mass is 79.9. The zero-order chi connectivity index (χ0) is 41.0. The normalized spacial score (nSPS) is 22.6. The summed E-state index contributed by atoms with van der Waals surface area (Å²) in [5, 5.41) is 30.7. The maximum Gasteiger partial charge on any atom is 0.341 e. The number of rotatable bonds is 26. The van der Waals surface area contributed by atoms with Gasteiger partial charge in [-0.15, -0.1) is 0 Å². The van der Waals surface area contributed by atoms with Crippen LogP contribution in [-0.2, 0) is 48.8 Å². The third-order valence-electron chi connectivity index (χ3n) is 8.95. The average Bonchev–Trinajstić information content (AvgIpc) is 3.15. The van der Waals surface area contributed by atoms with Gasteiger partial charge >= 0.3 is 13.6 Å². The lowest BCUT2D eigenvalue weighted by Crippen LogP contribution is -2.57. The molecule has 3 N–H and O–H groups in total. The molecule has 0 bridgehead atoms. The lowest BCUT2D eigenvalue weighted by molar-refractivity contribution is -0.303. The van der Waals surface area contributed by atoms with Gasteiger partial charge in [-0.05, 0) is 115 Å². The van der Waals surface area contributed by atoms with Crippen LogP contribution in [0.1, 0.15) is 78.7 Å². The summed E-state index contributed by atoms with van der Waals surface area (Å²) in [7, 11) is -1.99. The van der Waals surface area contributed by atoms with E-state index in [4.69, 9.17) is 32.7 Å². The maximum absolute atomic E-state index is 13.4. The third-order valence-corrected chi connectivity index (χ3v) is 11.5. The van der Waals surface area contributed by atoms with Crippen LogP contribution < -0.4 is 4.74 Å². The number of methoxy groups -OCH3 is 1. The molecule has 16 heteroatoms. The van der Waals surface area contributed by atoms with Gasteiger partial charge in [-0.25, -0.2) is 0 Å². The molecule has 0 amide bonds. The highest BCUT2D eigenvalue weighted by molar-refractivity contribution is 9.28. The Labute approximate surface area is 342 Å². The Morgan fingerprint density at radius 3 is 2.22 bits per heavy atom. The summed E-state index contributed by atoms with van der Waals surface area (Å²) in [6.07, 6.45) is 3.82. The molecular formula is C39H59Br2O13P. The second-order valence-electron chi connectivity index (χ2n) is 13.1.